The van der Waals surface area contributed by atoms with E-state index in [-0.39, 0.29) is 17.8 Å². The van der Waals surface area contributed by atoms with Crippen LogP contribution >= 0.6 is 0 Å². The molecule has 1 fully saturated rings. The van der Waals surface area contributed by atoms with Crippen molar-refractivity contribution in [3.8, 4) is 0 Å². The summed E-state index contributed by atoms with van der Waals surface area (Å²) in [5.74, 6) is -0.216. The first-order valence-corrected chi connectivity index (χ1v) is 7.40. The molecule has 1 heterocycles. The van der Waals surface area contributed by atoms with Gasteiger partial charge in [-0.2, -0.15) is 0 Å². The van der Waals surface area contributed by atoms with Crippen molar-refractivity contribution in [2.45, 2.75) is 26.3 Å². The van der Waals surface area contributed by atoms with Crippen LogP contribution in [0.5, 0.6) is 0 Å². The highest BCUT2D eigenvalue weighted by atomic mass is 16.5. The van der Waals surface area contributed by atoms with Crippen molar-refractivity contribution in [1.82, 2.24) is 4.90 Å². The largest absolute Gasteiger partial charge is 0.466 e. The Labute approximate surface area is 125 Å². The Bertz CT molecular complexity index is 508. The second-order valence-corrected chi connectivity index (χ2v) is 5.22. The molecule has 0 aliphatic carbocycles. The molecule has 114 valence electrons. The van der Waals surface area contributed by atoms with Gasteiger partial charge in [-0.15, -0.1) is 0 Å². The second-order valence-electron chi connectivity index (χ2n) is 5.22. The van der Waals surface area contributed by atoms with Gasteiger partial charge >= 0.3 is 5.97 Å². The topological polar surface area (TPSA) is 72.6 Å². The number of esters is 1. The number of carbonyl (C=O) groups is 2. The molecular formula is C16H22N2O3. The lowest BCUT2D eigenvalue weighted by molar-refractivity contribution is -0.149. The van der Waals surface area contributed by atoms with E-state index in [1.807, 2.05) is 18.2 Å². The van der Waals surface area contributed by atoms with Crippen LogP contribution in [-0.2, 0) is 16.1 Å². The molecule has 0 atom stereocenters. The van der Waals surface area contributed by atoms with Crippen LogP contribution in [0.2, 0.25) is 0 Å². The van der Waals surface area contributed by atoms with Crippen molar-refractivity contribution >= 4 is 11.9 Å². The zero-order chi connectivity index (χ0) is 15.2. The summed E-state index contributed by atoms with van der Waals surface area (Å²) >= 11 is 0. The fourth-order valence-electron chi connectivity index (χ4n) is 2.59. The van der Waals surface area contributed by atoms with Gasteiger partial charge in [-0.05, 0) is 37.5 Å². The monoisotopic (exact) mass is 290 g/mol. The van der Waals surface area contributed by atoms with Crippen LogP contribution in [0.25, 0.3) is 0 Å². The Kier molecular flexibility index (Phi) is 5.33. The molecule has 1 aliphatic heterocycles. The Morgan fingerprint density at radius 2 is 2.05 bits per heavy atom. The summed E-state index contributed by atoms with van der Waals surface area (Å²) in [6.07, 6.45) is 1.34. The van der Waals surface area contributed by atoms with Gasteiger partial charge in [-0.1, -0.05) is 12.1 Å². The smallest absolute Gasteiger partial charge is 0.309 e. The molecule has 2 N–H and O–H groups in total. The predicted octanol–water partition coefficient (Wildman–Crippen LogP) is 1.56. The number of nitrogens with zero attached hydrogens (tertiary/aromatic N) is 1. The molecule has 0 saturated carbocycles. The van der Waals surface area contributed by atoms with Crippen molar-refractivity contribution in [1.29, 1.82) is 0 Å². The van der Waals surface area contributed by atoms with E-state index in [4.69, 9.17) is 10.5 Å². The first kappa shape index (κ1) is 15.5. The van der Waals surface area contributed by atoms with Crippen molar-refractivity contribution in [2.75, 3.05) is 19.7 Å². The first-order valence-electron chi connectivity index (χ1n) is 7.40. The summed E-state index contributed by atoms with van der Waals surface area (Å²) in [7, 11) is 0. The van der Waals surface area contributed by atoms with Gasteiger partial charge < -0.3 is 15.4 Å². The number of hydrogen-bond acceptors (Lipinski definition) is 4. The molecule has 0 aromatic heterocycles. The molecule has 0 unspecified atom stereocenters. The van der Waals surface area contributed by atoms with Crippen LogP contribution in [0, 0.1) is 5.92 Å². The van der Waals surface area contributed by atoms with E-state index in [1.165, 1.54) is 0 Å². The molecule has 1 aromatic carbocycles. The van der Waals surface area contributed by atoms with E-state index in [0.29, 0.717) is 44.6 Å². The highest BCUT2D eigenvalue weighted by molar-refractivity contribution is 5.94. The quantitative estimate of drug-likeness (QED) is 0.854. The third-order valence-corrected chi connectivity index (χ3v) is 3.81. The maximum atomic E-state index is 12.4. The summed E-state index contributed by atoms with van der Waals surface area (Å²) in [5, 5.41) is 0. The van der Waals surface area contributed by atoms with Gasteiger partial charge in [0.15, 0.2) is 0 Å². The van der Waals surface area contributed by atoms with E-state index >= 15 is 0 Å². The van der Waals surface area contributed by atoms with Crippen molar-refractivity contribution in [3.63, 3.8) is 0 Å². The average molecular weight is 290 g/mol. The third kappa shape index (κ3) is 3.82. The molecule has 1 aromatic rings. The molecule has 5 heteroatoms. The van der Waals surface area contributed by atoms with Crippen molar-refractivity contribution in [3.05, 3.63) is 35.4 Å². The van der Waals surface area contributed by atoms with Gasteiger partial charge in [-0.3, -0.25) is 9.59 Å². The standard InChI is InChI=1S/C16H22N2O3/c1-2-21-16(20)13-6-8-18(9-7-13)15(19)14-5-3-4-12(10-14)11-17/h3-5,10,13H,2,6-9,11,17H2,1H3. The minimum Gasteiger partial charge on any atom is -0.466 e. The summed E-state index contributed by atoms with van der Waals surface area (Å²) in [4.78, 5) is 25.9. The number of hydrogen-bond donors (Lipinski definition) is 1. The average Bonchev–Trinajstić information content (AvgIpc) is 2.54. The minimum absolute atomic E-state index is 0.00705. The lowest BCUT2D eigenvalue weighted by atomic mass is 9.96. The Morgan fingerprint density at radius 1 is 1.33 bits per heavy atom. The van der Waals surface area contributed by atoms with Crippen LogP contribution in [0.3, 0.4) is 0 Å². The Hall–Kier alpha value is -1.88. The maximum absolute atomic E-state index is 12.4. The molecule has 5 nitrogen and oxygen atoms in total. The zero-order valence-electron chi connectivity index (χ0n) is 12.4. The van der Waals surface area contributed by atoms with Gasteiger partial charge in [0.25, 0.3) is 5.91 Å². The van der Waals surface area contributed by atoms with Crippen molar-refractivity contribution < 1.29 is 14.3 Å². The molecule has 0 bridgehead atoms. The molecule has 2 rings (SSSR count). The van der Waals surface area contributed by atoms with Gasteiger partial charge in [0.2, 0.25) is 0 Å². The van der Waals surface area contributed by atoms with E-state index in [0.717, 1.165) is 5.56 Å². The number of ether oxygens (including phenoxy) is 1. The number of rotatable bonds is 4. The highest BCUT2D eigenvalue weighted by Crippen LogP contribution is 2.20. The Balaban J connectivity index is 1.95. The number of amides is 1. The zero-order valence-corrected chi connectivity index (χ0v) is 12.4. The summed E-state index contributed by atoms with van der Waals surface area (Å²) in [6.45, 7) is 3.82. The number of carbonyl (C=O) groups excluding carboxylic acids is 2. The lowest BCUT2D eigenvalue weighted by Crippen LogP contribution is -2.40. The van der Waals surface area contributed by atoms with Crippen LogP contribution in [0.15, 0.2) is 24.3 Å². The fraction of sp³-hybridized carbons (Fsp3) is 0.500. The first-order chi connectivity index (χ1) is 10.2. The molecule has 21 heavy (non-hydrogen) atoms. The summed E-state index contributed by atoms with van der Waals surface area (Å²) < 4.78 is 5.04. The van der Waals surface area contributed by atoms with Gasteiger partial charge in [-0.25, -0.2) is 0 Å². The predicted molar refractivity (Wildman–Crippen MR) is 79.6 cm³/mol. The van der Waals surface area contributed by atoms with Gasteiger partial charge in [0, 0.05) is 25.2 Å². The molecular weight excluding hydrogens is 268 g/mol. The number of nitrogens with two attached hydrogens (primary N) is 1. The third-order valence-electron chi connectivity index (χ3n) is 3.81. The van der Waals surface area contributed by atoms with Crippen LogP contribution in [0.4, 0.5) is 0 Å². The van der Waals surface area contributed by atoms with E-state index in [9.17, 15) is 9.59 Å². The van der Waals surface area contributed by atoms with E-state index in [2.05, 4.69) is 0 Å². The van der Waals surface area contributed by atoms with Gasteiger partial charge in [0.1, 0.15) is 0 Å². The molecule has 1 aliphatic rings. The maximum Gasteiger partial charge on any atom is 0.309 e. The van der Waals surface area contributed by atoms with Crippen molar-refractivity contribution in [2.24, 2.45) is 11.7 Å². The summed E-state index contributed by atoms with van der Waals surface area (Å²) in [5.41, 5.74) is 7.21. The fourth-order valence-corrected chi connectivity index (χ4v) is 2.59. The van der Waals surface area contributed by atoms with E-state index in [1.54, 1.807) is 17.9 Å². The number of piperidine rings is 1. The minimum atomic E-state index is -0.144. The molecule has 0 spiro atoms. The molecule has 0 radical (unpaired) electrons. The number of likely N-dealkylation sites (tertiary alicyclic amines) is 1. The lowest BCUT2D eigenvalue weighted by Gasteiger charge is -2.31. The van der Waals surface area contributed by atoms with Crippen LogP contribution < -0.4 is 5.73 Å². The Morgan fingerprint density at radius 3 is 2.67 bits per heavy atom. The molecule has 1 saturated heterocycles. The van der Waals surface area contributed by atoms with Crippen LogP contribution in [-0.4, -0.2) is 36.5 Å². The van der Waals surface area contributed by atoms with E-state index < -0.39 is 0 Å². The van der Waals surface area contributed by atoms with Crippen LogP contribution in [0.1, 0.15) is 35.7 Å². The summed E-state index contributed by atoms with van der Waals surface area (Å²) in [6, 6.07) is 7.39. The highest BCUT2D eigenvalue weighted by Gasteiger charge is 2.28. The SMILES string of the molecule is CCOC(=O)C1CCN(C(=O)c2cccc(CN)c2)CC1. The molecule has 1 amide bonds. The normalized spacial score (nSPS) is 15.8. The number of benzene rings is 1. The second kappa shape index (κ2) is 7.22. The van der Waals surface area contributed by atoms with Gasteiger partial charge in [0.05, 0.1) is 12.5 Å².